The average Bonchev–Trinajstić information content (AvgIpc) is 2.47. The minimum atomic E-state index is 0.607. The molecule has 19 heavy (non-hydrogen) atoms. The van der Waals surface area contributed by atoms with Crippen molar-refractivity contribution in [2.24, 2.45) is 0 Å². The number of piperidine rings is 1. The maximum absolute atomic E-state index is 5.25. The number of fused-ring (bicyclic) bond motifs is 1. The summed E-state index contributed by atoms with van der Waals surface area (Å²) in [4.78, 5) is 13.8. The summed E-state index contributed by atoms with van der Waals surface area (Å²) in [7, 11) is 1.63. The molecule has 0 spiro atoms. The van der Waals surface area contributed by atoms with Gasteiger partial charge in [-0.3, -0.25) is 4.90 Å². The van der Waals surface area contributed by atoms with Crippen LogP contribution >= 0.6 is 15.9 Å². The molecular weight excluding hydrogens is 308 g/mol. The van der Waals surface area contributed by atoms with Gasteiger partial charge in [-0.05, 0) is 35.3 Å². The highest BCUT2D eigenvalue weighted by Crippen LogP contribution is 2.26. The number of piperazine rings is 1. The van der Waals surface area contributed by atoms with Gasteiger partial charge >= 0.3 is 0 Å². The summed E-state index contributed by atoms with van der Waals surface area (Å²) in [5.74, 6) is 1.39. The monoisotopic (exact) mass is 326 g/mol. The number of rotatable bonds is 2. The zero-order chi connectivity index (χ0) is 13.2. The van der Waals surface area contributed by atoms with E-state index in [2.05, 4.69) is 35.7 Å². The van der Waals surface area contributed by atoms with Crippen LogP contribution in [0.3, 0.4) is 0 Å². The molecule has 2 aliphatic rings. The van der Waals surface area contributed by atoms with E-state index < -0.39 is 0 Å². The molecule has 3 rings (SSSR count). The van der Waals surface area contributed by atoms with E-state index in [0.29, 0.717) is 11.9 Å². The van der Waals surface area contributed by atoms with Crippen LogP contribution in [0.25, 0.3) is 0 Å². The van der Waals surface area contributed by atoms with Gasteiger partial charge in [0, 0.05) is 25.7 Å². The van der Waals surface area contributed by atoms with Gasteiger partial charge in [-0.1, -0.05) is 6.42 Å². The van der Waals surface area contributed by atoms with Crippen LogP contribution in [0.2, 0.25) is 0 Å². The summed E-state index contributed by atoms with van der Waals surface area (Å²) in [6.07, 6.45) is 5.76. The first-order valence-corrected chi connectivity index (χ1v) is 7.63. The maximum atomic E-state index is 5.25. The lowest BCUT2D eigenvalue weighted by atomic mass is 10.00. The molecule has 3 heterocycles. The number of hydrogen-bond acceptors (Lipinski definition) is 5. The van der Waals surface area contributed by atoms with Crippen LogP contribution in [0.5, 0.6) is 5.88 Å². The SMILES string of the molecule is COc1nc(N2CCN3CCCCC3C2)ncc1Br. The Morgan fingerprint density at radius 2 is 2.21 bits per heavy atom. The Hall–Kier alpha value is -0.880. The predicted octanol–water partition coefficient (Wildman–Crippen LogP) is 1.92. The van der Waals surface area contributed by atoms with Crippen LogP contribution in [0, 0.1) is 0 Å². The van der Waals surface area contributed by atoms with Crippen molar-refractivity contribution in [1.29, 1.82) is 0 Å². The normalized spacial score (nSPS) is 24.1. The summed E-state index contributed by atoms with van der Waals surface area (Å²) in [5, 5.41) is 0. The molecule has 2 aliphatic heterocycles. The van der Waals surface area contributed by atoms with E-state index >= 15 is 0 Å². The number of hydrogen-bond donors (Lipinski definition) is 0. The molecule has 0 aliphatic carbocycles. The molecule has 0 bridgehead atoms. The lowest BCUT2D eigenvalue weighted by Gasteiger charge is -2.44. The Kier molecular flexibility index (Phi) is 3.88. The van der Waals surface area contributed by atoms with Crippen molar-refractivity contribution in [3.8, 4) is 5.88 Å². The first-order valence-electron chi connectivity index (χ1n) is 6.83. The molecule has 104 valence electrons. The fourth-order valence-electron chi connectivity index (χ4n) is 2.98. The topological polar surface area (TPSA) is 41.5 Å². The zero-order valence-electron chi connectivity index (χ0n) is 11.2. The molecule has 0 amide bonds. The van der Waals surface area contributed by atoms with Crippen molar-refractivity contribution >= 4 is 21.9 Å². The van der Waals surface area contributed by atoms with Crippen molar-refractivity contribution in [2.45, 2.75) is 25.3 Å². The molecule has 1 aromatic rings. The second-order valence-electron chi connectivity index (χ2n) is 5.16. The smallest absolute Gasteiger partial charge is 0.232 e. The predicted molar refractivity (Wildman–Crippen MR) is 77.7 cm³/mol. The minimum absolute atomic E-state index is 0.607. The number of anilines is 1. The van der Waals surface area contributed by atoms with Gasteiger partial charge in [0.15, 0.2) is 0 Å². The van der Waals surface area contributed by atoms with Crippen LogP contribution in [-0.2, 0) is 0 Å². The van der Waals surface area contributed by atoms with Gasteiger partial charge in [0.2, 0.25) is 11.8 Å². The number of halogens is 1. The quantitative estimate of drug-likeness (QED) is 0.830. The van der Waals surface area contributed by atoms with Gasteiger partial charge in [0.05, 0.1) is 17.8 Å². The molecule has 1 unspecified atom stereocenters. The summed E-state index contributed by atoms with van der Waals surface area (Å²) in [6, 6.07) is 0.667. The van der Waals surface area contributed by atoms with E-state index in [4.69, 9.17) is 4.74 Å². The third-order valence-corrected chi connectivity index (χ3v) is 4.56. The van der Waals surface area contributed by atoms with E-state index in [0.717, 1.165) is 30.1 Å². The Labute approximate surface area is 122 Å². The number of nitrogens with zero attached hydrogens (tertiary/aromatic N) is 4. The average molecular weight is 327 g/mol. The van der Waals surface area contributed by atoms with Gasteiger partial charge in [0.25, 0.3) is 0 Å². The fourth-order valence-corrected chi connectivity index (χ4v) is 3.33. The molecule has 0 aromatic carbocycles. The van der Waals surface area contributed by atoms with Crippen molar-refractivity contribution in [3.63, 3.8) is 0 Å². The standard InChI is InChI=1S/C13H19BrN4O/c1-19-12-11(14)8-15-13(16-12)18-7-6-17-5-3-2-4-10(17)9-18/h8,10H,2-7,9H2,1H3. The maximum Gasteiger partial charge on any atom is 0.232 e. The zero-order valence-corrected chi connectivity index (χ0v) is 12.8. The Balaban J connectivity index is 1.75. The Morgan fingerprint density at radius 3 is 3.05 bits per heavy atom. The van der Waals surface area contributed by atoms with Crippen molar-refractivity contribution in [2.75, 3.05) is 38.2 Å². The van der Waals surface area contributed by atoms with Gasteiger partial charge < -0.3 is 9.64 Å². The third-order valence-electron chi connectivity index (χ3n) is 4.01. The van der Waals surface area contributed by atoms with Gasteiger partial charge in [-0.15, -0.1) is 0 Å². The summed E-state index contributed by atoms with van der Waals surface area (Å²) in [6.45, 7) is 4.40. The largest absolute Gasteiger partial charge is 0.480 e. The number of ether oxygens (including phenoxy) is 1. The van der Waals surface area contributed by atoms with E-state index in [-0.39, 0.29) is 0 Å². The van der Waals surface area contributed by atoms with Crippen molar-refractivity contribution in [1.82, 2.24) is 14.9 Å². The first kappa shape index (κ1) is 13.1. The molecule has 2 saturated heterocycles. The van der Waals surface area contributed by atoms with Crippen molar-refractivity contribution < 1.29 is 4.74 Å². The highest BCUT2D eigenvalue weighted by Gasteiger charge is 2.30. The molecule has 1 atom stereocenters. The Morgan fingerprint density at radius 1 is 1.32 bits per heavy atom. The lowest BCUT2D eigenvalue weighted by molar-refractivity contribution is 0.132. The number of aromatic nitrogens is 2. The molecule has 2 fully saturated rings. The van der Waals surface area contributed by atoms with E-state index in [1.165, 1.54) is 25.8 Å². The van der Waals surface area contributed by atoms with Crippen LogP contribution in [0.15, 0.2) is 10.7 Å². The molecule has 0 saturated carbocycles. The van der Waals surface area contributed by atoms with Crippen LogP contribution in [0.4, 0.5) is 5.95 Å². The second kappa shape index (κ2) is 5.63. The Bertz CT molecular complexity index is 456. The highest BCUT2D eigenvalue weighted by atomic mass is 79.9. The summed E-state index contributed by atoms with van der Waals surface area (Å²) >= 11 is 3.39. The highest BCUT2D eigenvalue weighted by molar-refractivity contribution is 9.10. The van der Waals surface area contributed by atoms with Gasteiger partial charge in [0.1, 0.15) is 0 Å². The third kappa shape index (κ3) is 2.69. The lowest BCUT2D eigenvalue weighted by Crippen LogP contribution is -2.55. The first-order chi connectivity index (χ1) is 9.28. The molecule has 6 heteroatoms. The molecule has 1 aromatic heterocycles. The van der Waals surface area contributed by atoms with Crippen LogP contribution < -0.4 is 9.64 Å². The summed E-state index contributed by atoms with van der Waals surface area (Å²) in [5.41, 5.74) is 0. The molecular formula is C13H19BrN4O. The fraction of sp³-hybridized carbons (Fsp3) is 0.692. The molecule has 5 nitrogen and oxygen atoms in total. The van der Waals surface area contributed by atoms with Crippen LogP contribution in [0.1, 0.15) is 19.3 Å². The van der Waals surface area contributed by atoms with E-state index in [1.807, 2.05) is 0 Å². The van der Waals surface area contributed by atoms with Gasteiger partial charge in [-0.2, -0.15) is 4.98 Å². The summed E-state index contributed by atoms with van der Waals surface area (Å²) < 4.78 is 6.05. The second-order valence-corrected chi connectivity index (χ2v) is 6.01. The minimum Gasteiger partial charge on any atom is -0.480 e. The van der Waals surface area contributed by atoms with Crippen molar-refractivity contribution in [3.05, 3.63) is 10.7 Å². The van der Waals surface area contributed by atoms with Gasteiger partial charge in [-0.25, -0.2) is 4.98 Å². The molecule has 0 radical (unpaired) electrons. The number of methoxy groups -OCH3 is 1. The van der Waals surface area contributed by atoms with Crippen LogP contribution in [-0.4, -0.2) is 54.2 Å². The molecule has 0 N–H and O–H groups in total. The van der Waals surface area contributed by atoms with E-state index in [9.17, 15) is 0 Å². The van der Waals surface area contributed by atoms with E-state index in [1.54, 1.807) is 13.3 Å².